The molecule has 1 aliphatic rings. The van der Waals surface area contributed by atoms with Gasteiger partial charge in [0, 0.05) is 17.3 Å². The van der Waals surface area contributed by atoms with E-state index >= 15 is 0 Å². The minimum Gasteiger partial charge on any atom is -0.334 e. The van der Waals surface area contributed by atoms with E-state index in [1.54, 1.807) is 22.3 Å². The number of carbonyl (C=O) groups excluding carboxylic acids is 1. The molecule has 0 spiro atoms. The molecule has 0 aliphatic carbocycles. The molecule has 1 N–H and O–H groups in total. The van der Waals surface area contributed by atoms with Gasteiger partial charge in [-0.05, 0) is 42.5 Å². The summed E-state index contributed by atoms with van der Waals surface area (Å²) in [6.07, 6.45) is 0.837. The number of rotatable bonds is 5. The molecule has 2 amide bonds. The van der Waals surface area contributed by atoms with E-state index in [0.29, 0.717) is 23.3 Å². The lowest BCUT2D eigenvalue weighted by atomic mass is 9.94. The second kappa shape index (κ2) is 7.77. The summed E-state index contributed by atoms with van der Waals surface area (Å²) in [5, 5.41) is 9.77. The summed E-state index contributed by atoms with van der Waals surface area (Å²) in [6, 6.07) is 10.8. The summed E-state index contributed by atoms with van der Waals surface area (Å²) < 4.78 is 5.62. The van der Waals surface area contributed by atoms with Crippen molar-refractivity contribution in [1.82, 2.24) is 20.4 Å². The Bertz CT molecular complexity index is 1030. The number of carbonyl (C=O) groups is 1. The average Bonchev–Trinajstić information content (AvgIpc) is 3.36. The van der Waals surface area contributed by atoms with Crippen molar-refractivity contribution in [3.63, 3.8) is 0 Å². The van der Waals surface area contributed by atoms with Gasteiger partial charge in [-0.15, -0.1) is 11.3 Å². The van der Waals surface area contributed by atoms with Crippen molar-refractivity contribution in [2.24, 2.45) is 0 Å². The Kier molecular flexibility index (Phi) is 5.19. The Hall–Kier alpha value is -2.64. The van der Waals surface area contributed by atoms with Gasteiger partial charge >= 0.3 is 6.03 Å². The van der Waals surface area contributed by atoms with Gasteiger partial charge in [-0.25, -0.2) is 4.79 Å². The number of halogens is 1. The first-order valence-corrected chi connectivity index (χ1v) is 10.3. The number of nitrogens with one attached hydrogen (secondary N) is 1. The molecular weight excluding hydrogens is 396 g/mol. The predicted octanol–water partition coefficient (Wildman–Crippen LogP) is 5.36. The molecule has 3 heterocycles. The molecule has 28 heavy (non-hydrogen) atoms. The fourth-order valence-electron chi connectivity index (χ4n) is 3.33. The Labute approximate surface area is 171 Å². The summed E-state index contributed by atoms with van der Waals surface area (Å²) in [5.74, 6) is 0.932. The van der Waals surface area contributed by atoms with Crippen molar-refractivity contribution in [3.05, 3.63) is 64.0 Å². The van der Waals surface area contributed by atoms with Gasteiger partial charge in [0.25, 0.3) is 5.89 Å². The first kappa shape index (κ1) is 18.7. The molecule has 144 valence electrons. The molecule has 0 saturated heterocycles. The largest absolute Gasteiger partial charge is 0.334 e. The quantitative estimate of drug-likeness (QED) is 0.610. The van der Waals surface area contributed by atoms with Crippen molar-refractivity contribution in [3.8, 4) is 10.7 Å². The van der Waals surface area contributed by atoms with Gasteiger partial charge in [0.1, 0.15) is 0 Å². The Balaban J connectivity index is 1.83. The normalized spacial score (nSPS) is 17.2. The summed E-state index contributed by atoms with van der Waals surface area (Å²) in [4.78, 5) is 20.0. The maximum absolute atomic E-state index is 12.7. The van der Waals surface area contributed by atoms with E-state index in [9.17, 15) is 4.79 Å². The molecule has 0 radical (unpaired) electrons. The summed E-state index contributed by atoms with van der Waals surface area (Å²) in [6.45, 7) is 4.55. The molecule has 6 nitrogen and oxygen atoms in total. The van der Waals surface area contributed by atoms with Crippen LogP contribution in [0.4, 0.5) is 4.79 Å². The van der Waals surface area contributed by atoms with Crippen LogP contribution in [0.2, 0.25) is 5.02 Å². The molecule has 1 unspecified atom stereocenters. The summed E-state index contributed by atoms with van der Waals surface area (Å²) >= 11 is 7.74. The second-order valence-electron chi connectivity index (χ2n) is 6.49. The Morgan fingerprint density at radius 3 is 2.89 bits per heavy atom. The third-order valence-corrected chi connectivity index (χ3v) is 5.72. The smallest absolute Gasteiger partial charge is 0.322 e. The lowest BCUT2D eigenvalue weighted by Gasteiger charge is -2.35. The van der Waals surface area contributed by atoms with Crippen molar-refractivity contribution in [1.29, 1.82) is 0 Å². The van der Waals surface area contributed by atoms with Crippen LogP contribution in [0.15, 0.2) is 52.0 Å². The summed E-state index contributed by atoms with van der Waals surface area (Å²) in [7, 11) is 0. The molecule has 8 heteroatoms. The topological polar surface area (TPSA) is 71.3 Å². The van der Waals surface area contributed by atoms with E-state index in [1.807, 2.05) is 49.6 Å². The zero-order valence-electron chi connectivity index (χ0n) is 15.5. The van der Waals surface area contributed by atoms with Gasteiger partial charge in [-0.2, -0.15) is 4.98 Å². The zero-order chi connectivity index (χ0) is 19.7. The highest BCUT2D eigenvalue weighted by Gasteiger charge is 2.35. The zero-order valence-corrected chi connectivity index (χ0v) is 17.0. The molecule has 1 aliphatic heterocycles. The van der Waals surface area contributed by atoms with Crippen molar-refractivity contribution >= 4 is 34.5 Å². The van der Waals surface area contributed by atoms with Gasteiger partial charge < -0.3 is 9.84 Å². The highest BCUT2D eigenvalue weighted by Crippen LogP contribution is 2.38. The Morgan fingerprint density at radius 1 is 1.32 bits per heavy atom. The first-order valence-electron chi connectivity index (χ1n) is 9.00. The van der Waals surface area contributed by atoms with Crippen LogP contribution in [-0.4, -0.2) is 27.6 Å². The van der Waals surface area contributed by atoms with E-state index in [2.05, 4.69) is 15.5 Å². The predicted molar refractivity (Wildman–Crippen MR) is 110 cm³/mol. The molecule has 4 rings (SSSR count). The highest BCUT2D eigenvalue weighted by molar-refractivity contribution is 7.13. The Morgan fingerprint density at radius 2 is 2.18 bits per heavy atom. The number of allylic oxidation sites excluding steroid dienone is 1. The molecule has 0 saturated carbocycles. The number of hydrogen-bond donors (Lipinski definition) is 1. The van der Waals surface area contributed by atoms with Crippen molar-refractivity contribution in [2.75, 3.05) is 6.54 Å². The molecule has 0 fully saturated rings. The second-order valence-corrected chi connectivity index (χ2v) is 7.87. The molecule has 2 aromatic heterocycles. The third-order valence-electron chi connectivity index (χ3n) is 4.62. The molecule has 0 bridgehead atoms. The van der Waals surface area contributed by atoms with Crippen LogP contribution in [-0.2, 0) is 0 Å². The first-order chi connectivity index (χ1) is 13.6. The molecule has 1 aromatic carbocycles. The third kappa shape index (κ3) is 3.43. The fraction of sp³-hybridized carbons (Fsp3) is 0.250. The van der Waals surface area contributed by atoms with Crippen molar-refractivity contribution < 1.29 is 9.32 Å². The van der Waals surface area contributed by atoms with Gasteiger partial charge in [-0.1, -0.05) is 41.9 Å². The minimum atomic E-state index is -0.420. The molecular formula is C20H19ClN4O2S. The fourth-order valence-corrected chi connectivity index (χ4v) is 4.17. The number of nitrogens with zero attached hydrogens (tertiary/aromatic N) is 3. The standard InChI is InChI=1S/C20H19ClN4O2S/c1-3-9-25-12(2)16(19-23-18(24-27-19)15-8-5-10-28-15)17(22-20(25)26)13-6-4-7-14(21)11-13/h4-8,10-11,17H,3,9H2,1-2H3,(H,22,26). The van der Waals surface area contributed by atoms with Crippen molar-refractivity contribution in [2.45, 2.75) is 26.3 Å². The SMILES string of the molecule is CCCN1C(=O)NC(c2cccc(Cl)c2)C(c2nc(-c3cccs3)no2)=C1C. The average molecular weight is 415 g/mol. The lowest BCUT2D eigenvalue weighted by molar-refractivity contribution is 0.205. The van der Waals surface area contributed by atoms with Crippen LogP contribution in [0.25, 0.3) is 16.3 Å². The van der Waals surface area contributed by atoms with Crippen LogP contribution < -0.4 is 5.32 Å². The van der Waals surface area contributed by atoms with E-state index in [-0.39, 0.29) is 6.03 Å². The number of thiophene rings is 1. The number of hydrogen-bond acceptors (Lipinski definition) is 5. The monoisotopic (exact) mass is 414 g/mol. The van der Waals surface area contributed by atoms with E-state index in [4.69, 9.17) is 16.1 Å². The van der Waals surface area contributed by atoms with Crippen LogP contribution in [0.1, 0.15) is 37.8 Å². The van der Waals surface area contributed by atoms with Crippen LogP contribution in [0, 0.1) is 0 Å². The minimum absolute atomic E-state index is 0.147. The van der Waals surface area contributed by atoms with Gasteiger partial charge in [0.2, 0.25) is 5.82 Å². The van der Waals surface area contributed by atoms with Gasteiger partial charge in [0.15, 0.2) is 0 Å². The maximum Gasteiger partial charge on any atom is 0.322 e. The number of urea groups is 1. The van der Waals surface area contributed by atoms with Gasteiger partial charge in [-0.3, -0.25) is 4.90 Å². The lowest BCUT2D eigenvalue weighted by Crippen LogP contribution is -2.46. The van der Waals surface area contributed by atoms with Gasteiger partial charge in [0.05, 0.1) is 16.5 Å². The van der Waals surface area contributed by atoms with Crippen LogP contribution >= 0.6 is 22.9 Å². The highest BCUT2D eigenvalue weighted by atomic mass is 35.5. The van der Waals surface area contributed by atoms with E-state index < -0.39 is 6.04 Å². The molecule has 1 atom stereocenters. The van der Waals surface area contributed by atoms with Crippen LogP contribution in [0.3, 0.4) is 0 Å². The van der Waals surface area contributed by atoms with E-state index in [0.717, 1.165) is 28.1 Å². The maximum atomic E-state index is 12.7. The molecule has 3 aromatic rings. The summed E-state index contributed by atoms with van der Waals surface area (Å²) in [5.41, 5.74) is 2.45. The van der Waals surface area contributed by atoms with Crippen LogP contribution in [0.5, 0.6) is 0 Å². The number of benzene rings is 1. The number of amides is 2. The van der Waals surface area contributed by atoms with E-state index in [1.165, 1.54) is 0 Å². The number of aromatic nitrogens is 2.